The van der Waals surface area contributed by atoms with E-state index < -0.39 is 0 Å². The highest BCUT2D eigenvalue weighted by molar-refractivity contribution is 9.10. The molecular weight excluding hydrogens is 299 g/mol. The molecule has 0 saturated carbocycles. The summed E-state index contributed by atoms with van der Waals surface area (Å²) in [5, 5.41) is 0. The predicted molar refractivity (Wildman–Crippen MR) is 71.0 cm³/mol. The third-order valence-corrected chi connectivity index (χ3v) is 3.07. The summed E-state index contributed by atoms with van der Waals surface area (Å²) in [6, 6.07) is 6.05. The second kappa shape index (κ2) is 5.46. The van der Waals surface area contributed by atoms with Gasteiger partial charge in [0.15, 0.2) is 0 Å². The van der Waals surface area contributed by atoms with E-state index in [1.807, 2.05) is 6.92 Å². The summed E-state index contributed by atoms with van der Waals surface area (Å²) in [6.45, 7) is 2.17. The topological polar surface area (TPSA) is 48.1 Å². The third kappa shape index (κ3) is 2.86. The van der Waals surface area contributed by atoms with Gasteiger partial charge in [-0.1, -0.05) is 0 Å². The molecule has 0 fully saturated rings. The zero-order chi connectivity index (χ0) is 13.1. The number of hydrogen-bond acceptors (Lipinski definition) is 3. The zero-order valence-electron chi connectivity index (χ0n) is 9.78. The number of aryl methyl sites for hydroxylation is 1. The molecule has 0 radical (unpaired) electrons. The van der Waals surface area contributed by atoms with Gasteiger partial charge < -0.3 is 10.5 Å². The summed E-state index contributed by atoms with van der Waals surface area (Å²) >= 11 is 3.31. The molecular formula is C13H12BrFN2O. The highest BCUT2D eigenvalue weighted by Crippen LogP contribution is 2.32. The summed E-state index contributed by atoms with van der Waals surface area (Å²) in [5.74, 6) is 0.653. The second-order valence-electron chi connectivity index (χ2n) is 3.81. The largest absolute Gasteiger partial charge is 0.456 e. The van der Waals surface area contributed by atoms with Crippen molar-refractivity contribution in [2.45, 2.75) is 13.5 Å². The predicted octanol–water partition coefficient (Wildman–Crippen LogP) is 3.54. The van der Waals surface area contributed by atoms with E-state index >= 15 is 0 Å². The van der Waals surface area contributed by atoms with E-state index in [0.29, 0.717) is 22.5 Å². The molecule has 0 amide bonds. The summed E-state index contributed by atoms with van der Waals surface area (Å²) in [5.41, 5.74) is 7.21. The minimum absolute atomic E-state index is 0.315. The fraction of sp³-hybridized carbons (Fsp3) is 0.154. The number of benzene rings is 1. The van der Waals surface area contributed by atoms with Crippen molar-refractivity contribution in [2.24, 2.45) is 5.73 Å². The Kier molecular flexibility index (Phi) is 3.93. The van der Waals surface area contributed by atoms with Crippen LogP contribution in [0.2, 0.25) is 0 Å². The number of hydrogen-bond donors (Lipinski definition) is 1. The minimum Gasteiger partial charge on any atom is -0.456 e. The first kappa shape index (κ1) is 13.0. The maximum Gasteiger partial charge on any atom is 0.144 e. The first-order chi connectivity index (χ1) is 8.60. The smallest absolute Gasteiger partial charge is 0.144 e. The van der Waals surface area contributed by atoms with E-state index in [2.05, 4.69) is 20.9 Å². The molecule has 0 saturated heterocycles. The SMILES string of the molecule is Cc1cc(Oc2cc(F)ccc2Br)c(CN)cn1. The third-order valence-electron chi connectivity index (χ3n) is 2.41. The Morgan fingerprint density at radius 2 is 2.11 bits per heavy atom. The quantitative estimate of drug-likeness (QED) is 0.943. The Balaban J connectivity index is 2.38. The summed E-state index contributed by atoms with van der Waals surface area (Å²) in [6.07, 6.45) is 1.66. The Labute approximate surface area is 113 Å². The lowest BCUT2D eigenvalue weighted by atomic mass is 10.2. The van der Waals surface area contributed by atoms with Crippen molar-refractivity contribution < 1.29 is 9.13 Å². The first-order valence-corrected chi connectivity index (χ1v) is 6.18. The van der Waals surface area contributed by atoms with E-state index in [1.54, 1.807) is 18.3 Å². The molecule has 1 heterocycles. The van der Waals surface area contributed by atoms with E-state index in [4.69, 9.17) is 10.5 Å². The van der Waals surface area contributed by atoms with Gasteiger partial charge in [-0.3, -0.25) is 4.98 Å². The summed E-state index contributed by atoms with van der Waals surface area (Å²) in [4.78, 5) is 4.15. The average Bonchev–Trinajstić information content (AvgIpc) is 2.34. The molecule has 0 spiro atoms. The first-order valence-electron chi connectivity index (χ1n) is 5.38. The van der Waals surface area contributed by atoms with Crippen molar-refractivity contribution in [3.8, 4) is 11.5 Å². The fourth-order valence-electron chi connectivity index (χ4n) is 1.49. The van der Waals surface area contributed by atoms with Gasteiger partial charge in [-0.05, 0) is 35.0 Å². The van der Waals surface area contributed by atoms with Crippen LogP contribution in [0.1, 0.15) is 11.3 Å². The molecule has 94 valence electrons. The monoisotopic (exact) mass is 310 g/mol. The summed E-state index contributed by atoms with van der Waals surface area (Å²) in [7, 11) is 0. The molecule has 18 heavy (non-hydrogen) atoms. The maximum atomic E-state index is 13.2. The standard InChI is InChI=1S/C13H12BrFN2O/c1-8-4-12(9(6-16)7-17-8)18-13-5-10(15)2-3-11(13)14/h2-5,7H,6,16H2,1H3. The van der Waals surface area contributed by atoms with Gasteiger partial charge in [-0.25, -0.2) is 4.39 Å². The van der Waals surface area contributed by atoms with Gasteiger partial charge in [0.25, 0.3) is 0 Å². The molecule has 2 rings (SSSR count). The van der Waals surface area contributed by atoms with Gasteiger partial charge in [0.2, 0.25) is 0 Å². The van der Waals surface area contributed by atoms with Crippen LogP contribution in [-0.4, -0.2) is 4.98 Å². The number of pyridine rings is 1. The Bertz CT molecular complexity index is 575. The average molecular weight is 311 g/mol. The molecule has 1 aromatic carbocycles. The van der Waals surface area contributed by atoms with Crippen LogP contribution in [0.3, 0.4) is 0 Å². The van der Waals surface area contributed by atoms with Gasteiger partial charge in [0, 0.05) is 36.1 Å². The highest BCUT2D eigenvalue weighted by Gasteiger charge is 2.08. The number of nitrogens with zero attached hydrogens (tertiary/aromatic N) is 1. The van der Waals surface area contributed by atoms with Crippen molar-refractivity contribution in [1.82, 2.24) is 4.98 Å². The lowest BCUT2D eigenvalue weighted by Gasteiger charge is -2.11. The van der Waals surface area contributed by atoms with Crippen LogP contribution in [0.4, 0.5) is 4.39 Å². The van der Waals surface area contributed by atoms with Crippen LogP contribution in [0.5, 0.6) is 11.5 Å². The lowest BCUT2D eigenvalue weighted by molar-refractivity contribution is 0.466. The van der Waals surface area contributed by atoms with Crippen LogP contribution in [0.25, 0.3) is 0 Å². The lowest BCUT2D eigenvalue weighted by Crippen LogP contribution is -2.01. The van der Waals surface area contributed by atoms with Crippen LogP contribution in [0, 0.1) is 12.7 Å². The van der Waals surface area contributed by atoms with Gasteiger partial charge in [0.1, 0.15) is 17.3 Å². The van der Waals surface area contributed by atoms with Crippen LogP contribution in [0.15, 0.2) is 34.9 Å². The number of nitrogens with two attached hydrogens (primary N) is 1. The van der Waals surface area contributed by atoms with E-state index in [9.17, 15) is 4.39 Å². The van der Waals surface area contributed by atoms with Crippen molar-refractivity contribution in [2.75, 3.05) is 0 Å². The van der Waals surface area contributed by atoms with Crippen molar-refractivity contribution in [3.05, 3.63) is 52.0 Å². The zero-order valence-corrected chi connectivity index (χ0v) is 11.4. The molecule has 0 aliphatic carbocycles. The number of ether oxygens (including phenoxy) is 1. The molecule has 0 bridgehead atoms. The normalized spacial score (nSPS) is 10.4. The van der Waals surface area contributed by atoms with Crippen LogP contribution >= 0.6 is 15.9 Å². The Morgan fingerprint density at radius 1 is 1.33 bits per heavy atom. The van der Waals surface area contributed by atoms with Crippen molar-refractivity contribution in [1.29, 1.82) is 0 Å². The van der Waals surface area contributed by atoms with E-state index in [1.165, 1.54) is 12.1 Å². The second-order valence-corrected chi connectivity index (χ2v) is 4.67. The Hall–Kier alpha value is -1.46. The molecule has 0 atom stereocenters. The summed E-state index contributed by atoms with van der Waals surface area (Å²) < 4.78 is 19.5. The van der Waals surface area contributed by atoms with Gasteiger partial charge in [0.05, 0.1) is 4.47 Å². The van der Waals surface area contributed by atoms with Gasteiger partial charge in [-0.15, -0.1) is 0 Å². The van der Waals surface area contributed by atoms with Gasteiger partial charge >= 0.3 is 0 Å². The van der Waals surface area contributed by atoms with Crippen molar-refractivity contribution >= 4 is 15.9 Å². The molecule has 1 aromatic heterocycles. The van der Waals surface area contributed by atoms with Crippen molar-refractivity contribution in [3.63, 3.8) is 0 Å². The molecule has 2 aromatic rings. The number of rotatable bonds is 3. The van der Waals surface area contributed by atoms with Crippen LogP contribution < -0.4 is 10.5 Å². The fourth-order valence-corrected chi connectivity index (χ4v) is 1.81. The minimum atomic E-state index is -0.353. The molecule has 0 aliphatic rings. The molecule has 0 aliphatic heterocycles. The molecule has 2 N–H and O–H groups in total. The van der Waals surface area contributed by atoms with E-state index in [0.717, 1.165) is 11.3 Å². The molecule has 5 heteroatoms. The number of aromatic nitrogens is 1. The highest BCUT2D eigenvalue weighted by atomic mass is 79.9. The molecule has 3 nitrogen and oxygen atoms in total. The van der Waals surface area contributed by atoms with Crippen LogP contribution in [-0.2, 0) is 6.54 Å². The molecule has 0 unspecified atom stereocenters. The van der Waals surface area contributed by atoms with E-state index in [-0.39, 0.29) is 5.82 Å². The number of halogens is 2. The Morgan fingerprint density at radius 3 is 2.83 bits per heavy atom. The maximum absolute atomic E-state index is 13.2. The van der Waals surface area contributed by atoms with Gasteiger partial charge in [-0.2, -0.15) is 0 Å².